The summed E-state index contributed by atoms with van der Waals surface area (Å²) in [6.45, 7) is 2.09. The number of rotatable bonds is 3. The van der Waals surface area contributed by atoms with E-state index in [2.05, 4.69) is 51.7 Å². The van der Waals surface area contributed by atoms with Crippen LogP contribution < -0.4 is 5.32 Å². The Bertz CT molecular complexity index is 1160. The maximum absolute atomic E-state index is 12.5. The third kappa shape index (κ3) is 3.07. The van der Waals surface area contributed by atoms with Crippen LogP contribution in [0.4, 0.5) is 5.69 Å². The number of nitrogens with one attached hydrogen (secondary N) is 3. The molecule has 2 aromatic carbocycles. The lowest BCUT2D eigenvalue weighted by Crippen LogP contribution is -2.24. The Morgan fingerprint density at radius 3 is 2.75 bits per heavy atom. The molecule has 0 spiro atoms. The minimum absolute atomic E-state index is 0.143. The third-order valence-electron chi connectivity index (χ3n) is 5.84. The number of aromatic nitrogens is 3. The topological polar surface area (TPSA) is 73.6 Å². The second kappa shape index (κ2) is 6.82. The first-order valence-electron chi connectivity index (χ1n) is 10.1. The van der Waals surface area contributed by atoms with Crippen molar-refractivity contribution in [3.8, 4) is 11.4 Å². The van der Waals surface area contributed by atoms with Crippen LogP contribution in [0.1, 0.15) is 37.7 Å². The van der Waals surface area contributed by atoms with E-state index in [4.69, 9.17) is 0 Å². The van der Waals surface area contributed by atoms with Crippen molar-refractivity contribution in [1.29, 1.82) is 0 Å². The van der Waals surface area contributed by atoms with E-state index in [1.165, 1.54) is 17.4 Å². The van der Waals surface area contributed by atoms with E-state index in [1.54, 1.807) is 0 Å². The Labute approximate surface area is 163 Å². The van der Waals surface area contributed by atoms with Crippen molar-refractivity contribution >= 4 is 33.4 Å². The summed E-state index contributed by atoms with van der Waals surface area (Å²) in [7, 11) is 0. The Morgan fingerprint density at radius 2 is 1.89 bits per heavy atom. The van der Waals surface area contributed by atoms with Crippen LogP contribution in [0, 0.1) is 12.8 Å². The van der Waals surface area contributed by atoms with Gasteiger partial charge >= 0.3 is 0 Å². The Hall–Kier alpha value is -3.08. The average Bonchev–Trinajstić information content (AvgIpc) is 3.31. The molecule has 0 radical (unpaired) electrons. The summed E-state index contributed by atoms with van der Waals surface area (Å²) in [4.78, 5) is 16.0. The van der Waals surface area contributed by atoms with Crippen LogP contribution in [-0.2, 0) is 4.79 Å². The highest BCUT2D eigenvalue weighted by atomic mass is 16.1. The van der Waals surface area contributed by atoms with Gasteiger partial charge in [0, 0.05) is 27.9 Å². The molecule has 3 N–H and O–H groups in total. The molecule has 5 nitrogen and oxygen atoms in total. The summed E-state index contributed by atoms with van der Waals surface area (Å²) >= 11 is 0. The molecule has 0 bridgehead atoms. The molecule has 0 atom stereocenters. The second-order valence-corrected chi connectivity index (χ2v) is 7.93. The van der Waals surface area contributed by atoms with Crippen LogP contribution in [0.3, 0.4) is 0 Å². The molecule has 1 amide bonds. The number of fused-ring (bicyclic) bond motifs is 2. The van der Waals surface area contributed by atoms with Gasteiger partial charge in [-0.1, -0.05) is 31.4 Å². The molecule has 28 heavy (non-hydrogen) atoms. The van der Waals surface area contributed by atoms with E-state index in [1.807, 2.05) is 18.2 Å². The summed E-state index contributed by atoms with van der Waals surface area (Å²) in [5.41, 5.74) is 5.98. The van der Waals surface area contributed by atoms with E-state index >= 15 is 0 Å². The summed E-state index contributed by atoms with van der Waals surface area (Å²) in [5, 5.41) is 12.9. The number of hydrogen-bond acceptors (Lipinski definition) is 2. The van der Waals surface area contributed by atoms with Gasteiger partial charge in [0.25, 0.3) is 0 Å². The van der Waals surface area contributed by atoms with Gasteiger partial charge in [0.05, 0.1) is 11.2 Å². The van der Waals surface area contributed by atoms with Crippen LogP contribution >= 0.6 is 0 Å². The zero-order valence-corrected chi connectivity index (χ0v) is 16.0. The summed E-state index contributed by atoms with van der Waals surface area (Å²) in [5.74, 6) is 0.293. The molecule has 5 rings (SSSR count). The van der Waals surface area contributed by atoms with Crippen LogP contribution in [0.25, 0.3) is 33.2 Å². The predicted octanol–water partition coefficient (Wildman–Crippen LogP) is 5.54. The van der Waals surface area contributed by atoms with Crippen LogP contribution in [0.2, 0.25) is 0 Å². The van der Waals surface area contributed by atoms with Crippen molar-refractivity contribution in [1.82, 2.24) is 15.2 Å². The third-order valence-corrected chi connectivity index (χ3v) is 5.84. The first kappa shape index (κ1) is 17.0. The molecular weight excluding hydrogens is 348 g/mol. The smallest absolute Gasteiger partial charge is 0.227 e. The van der Waals surface area contributed by atoms with Crippen LogP contribution in [0.5, 0.6) is 0 Å². The van der Waals surface area contributed by atoms with Crippen LogP contribution in [0.15, 0.2) is 42.5 Å². The molecule has 2 aromatic heterocycles. The number of benzene rings is 2. The molecule has 0 aliphatic heterocycles. The molecule has 1 saturated carbocycles. The average molecular weight is 372 g/mol. The molecule has 1 aliphatic rings. The predicted molar refractivity (Wildman–Crippen MR) is 113 cm³/mol. The molecule has 2 heterocycles. The summed E-state index contributed by atoms with van der Waals surface area (Å²) in [6.07, 6.45) is 5.57. The van der Waals surface area contributed by atoms with Gasteiger partial charge in [0.2, 0.25) is 5.91 Å². The molecule has 1 aliphatic carbocycles. The monoisotopic (exact) mass is 372 g/mol. The summed E-state index contributed by atoms with van der Waals surface area (Å²) < 4.78 is 0. The van der Waals surface area contributed by atoms with Gasteiger partial charge in [-0.05, 0) is 55.7 Å². The number of carbonyl (C=O) groups excluding carboxylic acids is 1. The fourth-order valence-corrected chi connectivity index (χ4v) is 4.28. The van der Waals surface area contributed by atoms with E-state index in [0.717, 1.165) is 59.2 Å². The SMILES string of the molecule is Cc1ccc2cc(-c3n[nH]c4cc(NC(=O)C5CCCCC5)ccc34)[nH]c2c1. The highest BCUT2D eigenvalue weighted by Crippen LogP contribution is 2.31. The normalized spacial score (nSPS) is 15.3. The lowest BCUT2D eigenvalue weighted by atomic mass is 9.88. The van der Waals surface area contributed by atoms with E-state index < -0.39 is 0 Å². The van der Waals surface area contributed by atoms with E-state index in [0.29, 0.717) is 0 Å². The number of amides is 1. The molecular formula is C23H24N4O. The summed E-state index contributed by atoms with van der Waals surface area (Å²) in [6, 6.07) is 14.5. The minimum atomic E-state index is 0.143. The second-order valence-electron chi connectivity index (χ2n) is 7.93. The van der Waals surface area contributed by atoms with Crippen molar-refractivity contribution in [2.75, 3.05) is 5.32 Å². The fourth-order valence-electron chi connectivity index (χ4n) is 4.28. The Balaban J connectivity index is 1.43. The number of hydrogen-bond donors (Lipinski definition) is 3. The molecule has 0 saturated heterocycles. The molecule has 5 heteroatoms. The van der Waals surface area contributed by atoms with Crippen molar-refractivity contribution in [2.45, 2.75) is 39.0 Å². The lowest BCUT2D eigenvalue weighted by Gasteiger charge is -2.20. The Morgan fingerprint density at radius 1 is 1.04 bits per heavy atom. The quantitative estimate of drug-likeness (QED) is 0.442. The van der Waals surface area contributed by atoms with Gasteiger partial charge in [-0.3, -0.25) is 9.89 Å². The van der Waals surface area contributed by atoms with Gasteiger partial charge in [-0.25, -0.2) is 0 Å². The van der Waals surface area contributed by atoms with Gasteiger partial charge in [-0.15, -0.1) is 0 Å². The van der Waals surface area contributed by atoms with Crippen molar-refractivity contribution in [3.63, 3.8) is 0 Å². The van der Waals surface area contributed by atoms with Gasteiger partial charge < -0.3 is 10.3 Å². The molecule has 0 unspecified atom stereocenters. The molecule has 1 fully saturated rings. The number of anilines is 1. The van der Waals surface area contributed by atoms with Crippen molar-refractivity contribution < 1.29 is 4.79 Å². The van der Waals surface area contributed by atoms with E-state index in [9.17, 15) is 4.79 Å². The van der Waals surface area contributed by atoms with Crippen molar-refractivity contribution in [3.05, 3.63) is 48.0 Å². The molecule has 142 valence electrons. The van der Waals surface area contributed by atoms with Crippen LogP contribution in [-0.4, -0.2) is 21.1 Å². The number of H-pyrrole nitrogens is 2. The zero-order valence-electron chi connectivity index (χ0n) is 16.0. The number of aryl methyl sites for hydroxylation is 1. The first-order chi connectivity index (χ1) is 13.7. The lowest BCUT2D eigenvalue weighted by molar-refractivity contribution is -0.120. The van der Waals surface area contributed by atoms with E-state index in [-0.39, 0.29) is 11.8 Å². The zero-order chi connectivity index (χ0) is 19.1. The Kier molecular flexibility index (Phi) is 4.15. The minimum Gasteiger partial charge on any atom is -0.353 e. The number of nitrogens with zero attached hydrogens (tertiary/aromatic N) is 1. The maximum atomic E-state index is 12.5. The number of carbonyl (C=O) groups is 1. The number of aromatic amines is 2. The van der Waals surface area contributed by atoms with Gasteiger partial charge in [0.1, 0.15) is 5.69 Å². The van der Waals surface area contributed by atoms with Crippen molar-refractivity contribution in [2.24, 2.45) is 5.92 Å². The highest BCUT2D eigenvalue weighted by Gasteiger charge is 2.21. The molecule has 4 aromatic rings. The highest BCUT2D eigenvalue weighted by molar-refractivity contribution is 5.99. The largest absolute Gasteiger partial charge is 0.353 e. The fraction of sp³-hybridized carbons (Fsp3) is 0.304. The first-order valence-corrected chi connectivity index (χ1v) is 10.1. The van der Waals surface area contributed by atoms with Gasteiger partial charge in [0.15, 0.2) is 0 Å². The van der Waals surface area contributed by atoms with Gasteiger partial charge in [-0.2, -0.15) is 5.10 Å². The standard InChI is InChI=1S/C23H24N4O/c1-14-7-8-16-12-21(25-19(16)11-14)22-18-10-9-17(13-20(18)26-27-22)24-23(28)15-5-3-2-4-6-15/h7-13,15,25H,2-6H2,1H3,(H,24,28)(H,26,27). The maximum Gasteiger partial charge on any atom is 0.227 e.